The molecule has 106 valence electrons. The van der Waals surface area contributed by atoms with Crippen molar-refractivity contribution in [2.24, 2.45) is 0 Å². The van der Waals surface area contributed by atoms with E-state index in [1.165, 1.54) is 37.7 Å². The van der Waals surface area contributed by atoms with E-state index in [4.69, 9.17) is 5.11 Å². The second-order valence-corrected chi connectivity index (χ2v) is 3.65. The van der Waals surface area contributed by atoms with E-state index in [-0.39, 0.29) is 23.3 Å². The molecule has 0 atom stereocenters. The summed E-state index contributed by atoms with van der Waals surface area (Å²) in [6.07, 6.45) is 2.91. The van der Waals surface area contributed by atoms with Crippen molar-refractivity contribution in [2.45, 2.75) is 6.61 Å². The molecule has 20 heavy (non-hydrogen) atoms. The monoisotopic (exact) mass is 278 g/mol. The molecule has 0 aliphatic carbocycles. The molecule has 2 rings (SSSR count). The third kappa shape index (κ3) is 4.91. The van der Waals surface area contributed by atoms with Crippen molar-refractivity contribution in [1.82, 2.24) is 9.97 Å². The van der Waals surface area contributed by atoms with Gasteiger partial charge >= 0.3 is 5.97 Å². The molecule has 7 heteroatoms. The Kier molecular flexibility index (Phi) is 5.92. The first kappa shape index (κ1) is 15.4. The Hall–Kier alpha value is -2.67. The van der Waals surface area contributed by atoms with Crippen molar-refractivity contribution in [2.75, 3.05) is 7.11 Å². The summed E-state index contributed by atoms with van der Waals surface area (Å²) < 4.78 is 4.40. The lowest BCUT2D eigenvalue weighted by molar-refractivity contribution is 0.0600. The van der Waals surface area contributed by atoms with Crippen molar-refractivity contribution in [3.8, 4) is 0 Å². The highest BCUT2D eigenvalue weighted by molar-refractivity contribution is 5.88. The highest BCUT2D eigenvalue weighted by atomic mass is 16.5. The van der Waals surface area contributed by atoms with E-state index in [9.17, 15) is 14.4 Å². The Morgan fingerprint density at radius 1 is 1.15 bits per heavy atom. The minimum atomic E-state index is -0.504. The van der Waals surface area contributed by atoms with Crippen molar-refractivity contribution >= 4 is 5.97 Å². The van der Waals surface area contributed by atoms with Crippen molar-refractivity contribution in [3.63, 3.8) is 0 Å². The van der Waals surface area contributed by atoms with Gasteiger partial charge in [0.25, 0.3) is 0 Å². The zero-order chi connectivity index (χ0) is 15.0. The first-order valence-electron chi connectivity index (χ1n) is 5.62. The van der Waals surface area contributed by atoms with Crippen LogP contribution in [-0.2, 0) is 11.3 Å². The number of carbonyl (C=O) groups excluding carboxylic acids is 1. The predicted octanol–water partition coefficient (Wildman–Crippen LogP) is 0.0287. The smallest absolute Gasteiger partial charge is 0.338 e. The summed E-state index contributed by atoms with van der Waals surface area (Å²) >= 11 is 0. The van der Waals surface area contributed by atoms with Crippen LogP contribution in [0.1, 0.15) is 15.9 Å². The lowest BCUT2D eigenvalue weighted by Gasteiger charge is -1.95. The summed E-state index contributed by atoms with van der Waals surface area (Å²) in [5.74, 6) is -0.504. The van der Waals surface area contributed by atoms with Gasteiger partial charge in [-0.05, 0) is 17.7 Å². The van der Waals surface area contributed by atoms with Gasteiger partial charge < -0.3 is 19.8 Å². The number of carbonyl (C=O) groups is 1. The minimum absolute atomic E-state index is 0.0794. The van der Waals surface area contributed by atoms with Crippen LogP contribution in [0.2, 0.25) is 0 Å². The van der Waals surface area contributed by atoms with Crippen molar-refractivity contribution in [3.05, 3.63) is 68.5 Å². The number of H-pyrrole nitrogens is 2. The number of aromatic amines is 2. The average Bonchev–Trinajstić information content (AvgIpc) is 2.47. The number of aromatic nitrogens is 2. The highest BCUT2D eigenvalue weighted by Gasteiger charge is 2.03. The van der Waals surface area contributed by atoms with Gasteiger partial charge in [0.2, 0.25) is 11.1 Å². The van der Waals surface area contributed by atoms with Gasteiger partial charge in [0.05, 0.1) is 19.3 Å². The molecule has 0 saturated heterocycles. The van der Waals surface area contributed by atoms with Gasteiger partial charge in [-0.25, -0.2) is 4.79 Å². The van der Waals surface area contributed by atoms with Crippen LogP contribution in [0.15, 0.2) is 46.2 Å². The third-order valence-electron chi connectivity index (χ3n) is 2.22. The molecule has 0 saturated carbocycles. The number of rotatable bonds is 2. The predicted molar refractivity (Wildman–Crippen MR) is 71.4 cm³/mol. The molecular formula is C13H14N2O5. The molecule has 3 N–H and O–H groups in total. The van der Waals surface area contributed by atoms with Gasteiger partial charge in [0.1, 0.15) is 0 Å². The van der Waals surface area contributed by atoms with E-state index >= 15 is 0 Å². The molecule has 7 nitrogen and oxygen atoms in total. The number of esters is 1. The molecule has 2 heterocycles. The fourth-order valence-electron chi connectivity index (χ4n) is 1.28. The van der Waals surface area contributed by atoms with Crippen molar-refractivity contribution < 1.29 is 14.6 Å². The summed E-state index contributed by atoms with van der Waals surface area (Å²) in [5, 5.41) is 8.51. The van der Waals surface area contributed by atoms with Crippen LogP contribution in [-0.4, -0.2) is 28.2 Å². The highest BCUT2D eigenvalue weighted by Crippen LogP contribution is 1.94. The number of pyridine rings is 2. The minimum Gasteiger partial charge on any atom is -0.465 e. The van der Waals surface area contributed by atoms with Crippen molar-refractivity contribution in [1.29, 1.82) is 0 Å². The van der Waals surface area contributed by atoms with Gasteiger partial charge in [-0.3, -0.25) is 9.59 Å². The molecule has 0 spiro atoms. The topological polar surface area (TPSA) is 112 Å². The van der Waals surface area contributed by atoms with Crippen LogP contribution in [0.25, 0.3) is 0 Å². The number of aliphatic hydroxyl groups is 1. The Morgan fingerprint density at radius 2 is 1.75 bits per heavy atom. The molecule has 0 fully saturated rings. The van der Waals surface area contributed by atoms with Crippen LogP contribution in [0, 0.1) is 0 Å². The van der Waals surface area contributed by atoms with Crippen LogP contribution >= 0.6 is 0 Å². The summed E-state index contributed by atoms with van der Waals surface area (Å²) in [4.78, 5) is 36.7. The standard InChI is InChI=1S/C7H7NO3.C6H7NO2/c1-11-7(10)5-2-3-8-6(9)4-5;8-4-5-1-2-7-6(9)3-5/h2-4H,1H3,(H,8,9);1-3,8H,4H2,(H,7,9). The molecule has 2 aromatic heterocycles. The second-order valence-electron chi connectivity index (χ2n) is 3.65. The SMILES string of the molecule is COC(=O)c1cc[nH]c(=O)c1.O=c1cc(CO)cc[nH]1. The number of nitrogens with one attached hydrogen (secondary N) is 2. The van der Waals surface area contributed by atoms with Crippen LogP contribution < -0.4 is 11.1 Å². The molecule has 0 aliphatic rings. The third-order valence-corrected chi connectivity index (χ3v) is 2.22. The maximum atomic E-state index is 10.8. The Labute approximate surface area is 113 Å². The van der Waals surface area contributed by atoms with E-state index < -0.39 is 5.97 Å². The van der Waals surface area contributed by atoms with Crippen LogP contribution in [0.5, 0.6) is 0 Å². The summed E-state index contributed by atoms with van der Waals surface area (Å²) in [5.41, 5.74) is 0.407. The Bertz CT molecular complexity index is 674. The summed E-state index contributed by atoms with van der Waals surface area (Å²) in [7, 11) is 1.27. The number of ether oxygens (including phenoxy) is 1. The van der Waals surface area contributed by atoms with E-state index in [2.05, 4.69) is 14.7 Å². The fraction of sp³-hybridized carbons (Fsp3) is 0.154. The molecule has 0 aromatic carbocycles. The maximum absolute atomic E-state index is 10.8. The van der Waals surface area contributed by atoms with Gasteiger partial charge in [0, 0.05) is 24.5 Å². The van der Waals surface area contributed by atoms with Gasteiger partial charge in [-0.1, -0.05) is 0 Å². The molecule has 2 aromatic rings. The summed E-state index contributed by atoms with van der Waals surface area (Å²) in [6.45, 7) is -0.0794. The van der Waals surface area contributed by atoms with Gasteiger partial charge in [0.15, 0.2) is 0 Å². The molecule has 0 aliphatic heterocycles. The zero-order valence-corrected chi connectivity index (χ0v) is 10.8. The zero-order valence-electron chi connectivity index (χ0n) is 10.8. The van der Waals surface area contributed by atoms with Gasteiger partial charge in [-0.15, -0.1) is 0 Å². The maximum Gasteiger partial charge on any atom is 0.338 e. The fourth-order valence-corrected chi connectivity index (χ4v) is 1.28. The average molecular weight is 278 g/mol. The van der Waals surface area contributed by atoms with E-state index in [0.717, 1.165) is 0 Å². The molecular weight excluding hydrogens is 264 g/mol. The lowest BCUT2D eigenvalue weighted by atomic mass is 10.3. The number of hydrogen-bond acceptors (Lipinski definition) is 5. The number of aliphatic hydroxyl groups excluding tert-OH is 1. The number of hydrogen-bond donors (Lipinski definition) is 3. The summed E-state index contributed by atoms with van der Waals surface area (Å²) in [6, 6.07) is 5.68. The molecule has 0 radical (unpaired) electrons. The van der Waals surface area contributed by atoms with Crippen LogP contribution in [0.4, 0.5) is 0 Å². The molecule has 0 bridgehead atoms. The molecule has 0 amide bonds. The first-order chi connectivity index (χ1) is 9.56. The lowest BCUT2D eigenvalue weighted by Crippen LogP contribution is -2.09. The second kappa shape index (κ2) is 7.70. The molecule has 0 unspecified atom stereocenters. The van der Waals surface area contributed by atoms with E-state index in [0.29, 0.717) is 5.56 Å². The Balaban J connectivity index is 0.000000204. The number of methoxy groups -OCH3 is 1. The quantitative estimate of drug-likeness (QED) is 0.671. The van der Waals surface area contributed by atoms with E-state index in [1.54, 1.807) is 6.07 Å². The van der Waals surface area contributed by atoms with Gasteiger partial charge in [-0.2, -0.15) is 0 Å². The largest absolute Gasteiger partial charge is 0.465 e. The first-order valence-corrected chi connectivity index (χ1v) is 5.62. The van der Waals surface area contributed by atoms with E-state index in [1.807, 2.05) is 0 Å². The van der Waals surface area contributed by atoms with Crippen LogP contribution in [0.3, 0.4) is 0 Å². The Morgan fingerprint density at radius 3 is 2.20 bits per heavy atom. The normalized spacial score (nSPS) is 9.30.